The molecule has 0 aliphatic heterocycles. The van der Waals surface area contributed by atoms with Crippen molar-refractivity contribution in [3.8, 4) is 0 Å². The minimum atomic E-state index is 0.676. The molecule has 0 spiro atoms. The van der Waals surface area contributed by atoms with Crippen molar-refractivity contribution >= 4 is 5.65 Å². The Balaban J connectivity index is 2.99. The van der Waals surface area contributed by atoms with Gasteiger partial charge in [-0.15, -0.1) is 0 Å². The molecule has 0 aliphatic carbocycles. The lowest BCUT2D eigenvalue weighted by molar-refractivity contribution is 0.199. The van der Waals surface area contributed by atoms with Crippen LogP contribution in [0.2, 0.25) is 0 Å². The van der Waals surface area contributed by atoms with Crippen LogP contribution in [-0.2, 0) is 0 Å². The molecule has 0 amide bonds. The summed E-state index contributed by atoms with van der Waals surface area (Å²) in [4.78, 5) is 3.80. The monoisotopic (exact) mass is 123 g/mol. The summed E-state index contributed by atoms with van der Waals surface area (Å²) in [5.41, 5.74) is 0.676. The maximum Gasteiger partial charge on any atom is 0.172 e. The SMILES string of the molecule is On1ccn2cncc12. The predicted molar refractivity (Wildman–Crippen MR) is 30.4 cm³/mol. The van der Waals surface area contributed by atoms with Crippen LogP contribution in [0, 0.1) is 0 Å². The summed E-state index contributed by atoms with van der Waals surface area (Å²) in [6.07, 6.45) is 6.49. The Kier molecular flexibility index (Phi) is 0.631. The second-order valence-electron chi connectivity index (χ2n) is 1.80. The molecule has 0 bridgehead atoms. The number of nitrogens with zero attached hydrogens (tertiary/aromatic N) is 3. The lowest BCUT2D eigenvalue weighted by atomic mass is 10.8. The molecule has 2 rings (SSSR count). The van der Waals surface area contributed by atoms with Gasteiger partial charge in [0.2, 0.25) is 0 Å². The molecule has 2 aromatic rings. The number of hydrogen-bond donors (Lipinski definition) is 1. The largest absolute Gasteiger partial charge is 0.427 e. The van der Waals surface area contributed by atoms with E-state index < -0.39 is 0 Å². The molecule has 2 heterocycles. The van der Waals surface area contributed by atoms with E-state index in [0.717, 1.165) is 4.73 Å². The molecule has 0 radical (unpaired) electrons. The summed E-state index contributed by atoms with van der Waals surface area (Å²) >= 11 is 0. The van der Waals surface area contributed by atoms with E-state index in [4.69, 9.17) is 5.21 Å². The van der Waals surface area contributed by atoms with Crippen LogP contribution in [0.25, 0.3) is 5.65 Å². The second-order valence-corrected chi connectivity index (χ2v) is 1.80. The molecule has 9 heavy (non-hydrogen) atoms. The second kappa shape index (κ2) is 1.28. The fraction of sp³-hybridized carbons (Fsp3) is 0. The molecule has 0 aliphatic rings. The third kappa shape index (κ3) is 0.440. The Morgan fingerprint density at radius 1 is 1.44 bits per heavy atom. The highest BCUT2D eigenvalue weighted by molar-refractivity contribution is 5.35. The predicted octanol–water partition coefficient (Wildman–Crippen LogP) is 0.373. The van der Waals surface area contributed by atoms with Crippen LogP contribution in [0.4, 0.5) is 0 Å². The molecule has 0 aromatic carbocycles. The molecule has 0 unspecified atom stereocenters. The molecule has 0 atom stereocenters. The van der Waals surface area contributed by atoms with Crippen molar-refractivity contribution in [2.45, 2.75) is 0 Å². The van der Waals surface area contributed by atoms with Crippen LogP contribution < -0.4 is 0 Å². The zero-order chi connectivity index (χ0) is 6.27. The van der Waals surface area contributed by atoms with E-state index in [-0.39, 0.29) is 0 Å². The third-order valence-corrected chi connectivity index (χ3v) is 1.25. The Bertz CT molecular complexity index is 321. The molecular formula is C5H5N3O. The van der Waals surface area contributed by atoms with Gasteiger partial charge in [0, 0.05) is 6.20 Å². The molecule has 0 saturated heterocycles. The first kappa shape index (κ1) is 4.43. The molecule has 1 N–H and O–H groups in total. The van der Waals surface area contributed by atoms with E-state index in [0.29, 0.717) is 5.65 Å². The molecule has 4 heteroatoms. The van der Waals surface area contributed by atoms with E-state index in [2.05, 4.69) is 4.98 Å². The van der Waals surface area contributed by atoms with Crippen LogP contribution in [0.1, 0.15) is 0 Å². The van der Waals surface area contributed by atoms with E-state index in [1.807, 2.05) is 0 Å². The minimum absolute atomic E-state index is 0.676. The first-order chi connectivity index (χ1) is 4.38. The molecular weight excluding hydrogens is 118 g/mol. The summed E-state index contributed by atoms with van der Waals surface area (Å²) in [6.45, 7) is 0. The molecule has 46 valence electrons. The summed E-state index contributed by atoms with van der Waals surface area (Å²) in [5.74, 6) is 0. The Morgan fingerprint density at radius 2 is 2.33 bits per heavy atom. The third-order valence-electron chi connectivity index (χ3n) is 1.25. The van der Waals surface area contributed by atoms with E-state index >= 15 is 0 Å². The van der Waals surface area contributed by atoms with Gasteiger partial charge in [-0.05, 0) is 0 Å². The van der Waals surface area contributed by atoms with Crippen molar-refractivity contribution in [2.75, 3.05) is 0 Å². The number of hydrogen-bond acceptors (Lipinski definition) is 2. The molecule has 0 saturated carbocycles. The fourth-order valence-corrected chi connectivity index (χ4v) is 0.801. The van der Waals surface area contributed by atoms with Gasteiger partial charge < -0.3 is 5.21 Å². The van der Waals surface area contributed by atoms with Gasteiger partial charge in [-0.3, -0.25) is 4.40 Å². The van der Waals surface area contributed by atoms with Gasteiger partial charge in [-0.25, -0.2) is 4.98 Å². The Hall–Kier alpha value is -1.45. The standard InChI is InChI=1S/C5H5N3O/c9-8-2-1-7-4-6-3-5(7)8/h1-4,9H. The maximum atomic E-state index is 8.96. The zero-order valence-electron chi connectivity index (χ0n) is 4.60. The van der Waals surface area contributed by atoms with E-state index in [9.17, 15) is 0 Å². The molecule has 0 fully saturated rings. The minimum Gasteiger partial charge on any atom is -0.427 e. The smallest absolute Gasteiger partial charge is 0.172 e. The van der Waals surface area contributed by atoms with Crippen LogP contribution in [0.15, 0.2) is 24.9 Å². The van der Waals surface area contributed by atoms with Gasteiger partial charge in [0.25, 0.3) is 0 Å². The van der Waals surface area contributed by atoms with E-state index in [1.54, 1.807) is 29.3 Å². The van der Waals surface area contributed by atoms with Crippen molar-refractivity contribution in [1.29, 1.82) is 0 Å². The first-order valence-corrected chi connectivity index (χ1v) is 2.56. The van der Waals surface area contributed by atoms with Gasteiger partial charge in [-0.1, -0.05) is 0 Å². The normalized spacial score (nSPS) is 10.7. The van der Waals surface area contributed by atoms with Gasteiger partial charge in [0.1, 0.15) is 6.33 Å². The lowest BCUT2D eigenvalue weighted by Gasteiger charge is -1.84. The first-order valence-electron chi connectivity index (χ1n) is 2.56. The average molecular weight is 123 g/mol. The summed E-state index contributed by atoms with van der Waals surface area (Å²) in [5, 5.41) is 8.96. The molecule has 4 nitrogen and oxygen atoms in total. The highest BCUT2D eigenvalue weighted by atomic mass is 16.5. The van der Waals surface area contributed by atoms with Crippen molar-refractivity contribution in [1.82, 2.24) is 14.1 Å². The highest BCUT2D eigenvalue weighted by Crippen LogP contribution is 1.99. The van der Waals surface area contributed by atoms with Gasteiger partial charge in [0.05, 0.1) is 12.4 Å². The zero-order valence-corrected chi connectivity index (χ0v) is 4.60. The van der Waals surface area contributed by atoms with Gasteiger partial charge in [0.15, 0.2) is 5.65 Å². The number of rotatable bonds is 0. The van der Waals surface area contributed by atoms with Crippen LogP contribution >= 0.6 is 0 Å². The lowest BCUT2D eigenvalue weighted by Crippen LogP contribution is -1.84. The van der Waals surface area contributed by atoms with Crippen molar-refractivity contribution in [2.24, 2.45) is 0 Å². The van der Waals surface area contributed by atoms with Crippen molar-refractivity contribution < 1.29 is 5.21 Å². The van der Waals surface area contributed by atoms with Gasteiger partial charge in [-0.2, -0.15) is 4.73 Å². The maximum absolute atomic E-state index is 8.96. The Morgan fingerprint density at radius 3 is 3.11 bits per heavy atom. The summed E-state index contributed by atoms with van der Waals surface area (Å²) in [7, 11) is 0. The van der Waals surface area contributed by atoms with Gasteiger partial charge >= 0.3 is 0 Å². The molecule has 2 aromatic heterocycles. The number of aromatic nitrogens is 3. The van der Waals surface area contributed by atoms with Crippen molar-refractivity contribution in [3.63, 3.8) is 0 Å². The van der Waals surface area contributed by atoms with E-state index in [1.165, 1.54) is 0 Å². The average Bonchev–Trinajstić information content (AvgIpc) is 2.35. The van der Waals surface area contributed by atoms with Crippen LogP contribution in [0.3, 0.4) is 0 Å². The highest BCUT2D eigenvalue weighted by Gasteiger charge is 1.95. The van der Waals surface area contributed by atoms with Crippen LogP contribution in [-0.4, -0.2) is 19.3 Å². The quantitative estimate of drug-likeness (QED) is 0.514. The summed E-state index contributed by atoms with van der Waals surface area (Å²) < 4.78 is 2.74. The topological polar surface area (TPSA) is 42.5 Å². The van der Waals surface area contributed by atoms with Crippen LogP contribution in [0.5, 0.6) is 0 Å². The number of fused-ring (bicyclic) bond motifs is 1. The summed E-state index contributed by atoms with van der Waals surface area (Å²) in [6, 6.07) is 0. The fourth-order valence-electron chi connectivity index (χ4n) is 0.801. The van der Waals surface area contributed by atoms with Crippen molar-refractivity contribution in [3.05, 3.63) is 24.9 Å². The Labute approximate surface area is 50.9 Å². The number of imidazole rings is 2.